The number of halogens is 6. The summed E-state index contributed by atoms with van der Waals surface area (Å²) in [6.07, 6.45) is -6.88. The van der Waals surface area contributed by atoms with E-state index >= 15 is 0 Å². The molecule has 0 aliphatic carbocycles. The minimum atomic E-state index is -5.15. The predicted molar refractivity (Wildman–Crippen MR) is 125 cm³/mol. The van der Waals surface area contributed by atoms with E-state index in [1.807, 2.05) is 0 Å². The van der Waals surface area contributed by atoms with Crippen LogP contribution in [0, 0.1) is 11.3 Å². The van der Waals surface area contributed by atoms with E-state index in [1.165, 1.54) is 38.2 Å². The number of nitrogens with zero attached hydrogens (tertiary/aromatic N) is 6. The van der Waals surface area contributed by atoms with Crippen molar-refractivity contribution in [2.24, 2.45) is 0 Å². The quantitative estimate of drug-likeness (QED) is 0.350. The normalized spacial score (nSPS) is 18.2. The number of rotatable bonds is 5. The fourth-order valence-electron chi connectivity index (χ4n) is 4.22. The van der Waals surface area contributed by atoms with Crippen molar-refractivity contribution in [1.29, 1.82) is 5.26 Å². The third-order valence-corrected chi connectivity index (χ3v) is 7.22. The molecule has 0 saturated carbocycles. The Labute approximate surface area is 222 Å². The summed E-state index contributed by atoms with van der Waals surface area (Å²) >= 11 is 0. The molecular formula is C23H18F6N6O4S. The van der Waals surface area contributed by atoms with E-state index in [0.717, 1.165) is 27.9 Å². The monoisotopic (exact) mass is 588 g/mol. The Morgan fingerprint density at radius 3 is 2.25 bits per heavy atom. The van der Waals surface area contributed by atoms with Gasteiger partial charge in [0.15, 0.2) is 5.69 Å². The Kier molecular flexibility index (Phi) is 6.94. The van der Waals surface area contributed by atoms with Crippen molar-refractivity contribution in [2.75, 3.05) is 4.90 Å². The third kappa shape index (κ3) is 5.24. The highest BCUT2D eigenvalue weighted by atomic mass is 32.2. The fraction of sp³-hybridized carbons (Fsp3) is 0.304. The molecule has 1 saturated heterocycles. The zero-order valence-corrected chi connectivity index (χ0v) is 21.3. The number of nitriles is 1. The van der Waals surface area contributed by atoms with Crippen molar-refractivity contribution in [3.05, 3.63) is 71.4 Å². The van der Waals surface area contributed by atoms with Gasteiger partial charge in [0.25, 0.3) is 0 Å². The maximum Gasteiger partial charge on any atom is 0.434 e. The van der Waals surface area contributed by atoms with Crippen molar-refractivity contribution >= 4 is 21.7 Å². The molecule has 40 heavy (non-hydrogen) atoms. The van der Waals surface area contributed by atoms with Gasteiger partial charge in [-0.15, -0.1) is 0 Å². The van der Waals surface area contributed by atoms with Crippen LogP contribution in [-0.2, 0) is 33.8 Å². The van der Waals surface area contributed by atoms with E-state index in [1.54, 1.807) is 0 Å². The second kappa shape index (κ2) is 9.57. The van der Waals surface area contributed by atoms with Crippen molar-refractivity contribution in [1.82, 2.24) is 19.4 Å². The van der Waals surface area contributed by atoms with Crippen LogP contribution >= 0.6 is 0 Å². The van der Waals surface area contributed by atoms with Crippen molar-refractivity contribution in [3.63, 3.8) is 0 Å². The number of anilines is 1. The van der Waals surface area contributed by atoms with Gasteiger partial charge < -0.3 is 0 Å². The SMILES string of the molecule is CC1(C)C(=O)N(c2ccc(C#N)c(C(F)(F)F)c2)C(S(=O)(=O)O)N1Cc1ccc(-n2cnc(C(F)(F)F)c2)nc1. The summed E-state index contributed by atoms with van der Waals surface area (Å²) in [5, 5.41) is 9.05. The zero-order valence-electron chi connectivity index (χ0n) is 20.4. The lowest BCUT2D eigenvalue weighted by molar-refractivity contribution is -0.141. The Balaban J connectivity index is 1.72. The van der Waals surface area contributed by atoms with Gasteiger partial charge in [0.05, 0.1) is 22.7 Å². The molecule has 1 atom stereocenters. The van der Waals surface area contributed by atoms with Crippen LogP contribution in [-0.4, -0.2) is 49.3 Å². The summed E-state index contributed by atoms with van der Waals surface area (Å²) in [6.45, 7) is 2.23. The van der Waals surface area contributed by atoms with Crippen LogP contribution < -0.4 is 4.90 Å². The molecule has 1 N–H and O–H groups in total. The van der Waals surface area contributed by atoms with Gasteiger partial charge in [-0.2, -0.15) is 40.0 Å². The van der Waals surface area contributed by atoms with Crippen LogP contribution in [0.15, 0.2) is 49.1 Å². The highest BCUT2D eigenvalue weighted by Crippen LogP contribution is 2.41. The van der Waals surface area contributed by atoms with E-state index in [-0.39, 0.29) is 17.9 Å². The molecule has 1 fully saturated rings. The van der Waals surface area contributed by atoms with Crippen LogP contribution in [0.2, 0.25) is 0 Å². The zero-order chi connectivity index (χ0) is 29.8. The number of imidazole rings is 1. The van der Waals surface area contributed by atoms with E-state index in [4.69, 9.17) is 5.26 Å². The van der Waals surface area contributed by atoms with E-state index in [0.29, 0.717) is 17.2 Å². The number of hydrogen-bond donors (Lipinski definition) is 1. The molecule has 1 aliphatic heterocycles. The Hall–Kier alpha value is -4.01. The first-order chi connectivity index (χ1) is 18.4. The van der Waals surface area contributed by atoms with Gasteiger partial charge >= 0.3 is 22.5 Å². The number of aromatic nitrogens is 3. The first-order valence-corrected chi connectivity index (χ1v) is 12.6. The maximum absolute atomic E-state index is 13.6. The fourth-order valence-corrected chi connectivity index (χ4v) is 5.36. The summed E-state index contributed by atoms with van der Waals surface area (Å²) in [6, 6.07) is 6.26. The number of alkyl halides is 6. The summed E-state index contributed by atoms with van der Waals surface area (Å²) in [5.41, 5.74) is -7.42. The highest BCUT2D eigenvalue weighted by Gasteiger charge is 2.57. The lowest BCUT2D eigenvalue weighted by Crippen LogP contribution is -2.48. The lowest BCUT2D eigenvalue weighted by Gasteiger charge is -2.31. The smallest absolute Gasteiger partial charge is 0.290 e. The van der Waals surface area contributed by atoms with Crippen LogP contribution in [0.3, 0.4) is 0 Å². The first kappa shape index (κ1) is 29.0. The summed E-state index contributed by atoms with van der Waals surface area (Å²) in [4.78, 5) is 22.2. The van der Waals surface area contributed by atoms with Crippen LogP contribution in [0.25, 0.3) is 5.82 Å². The van der Waals surface area contributed by atoms with E-state index in [9.17, 15) is 44.1 Å². The number of carbonyl (C=O) groups excluding carboxylic acids is 1. The molecule has 1 unspecified atom stereocenters. The Morgan fingerprint density at radius 1 is 1.07 bits per heavy atom. The molecule has 3 heterocycles. The number of benzene rings is 1. The number of pyridine rings is 1. The van der Waals surface area contributed by atoms with Crippen LogP contribution in [0.5, 0.6) is 0 Å². The van der Waals surface area contributed by atoms with Crippen molar-refractivity contribution in [2.45, 2.75) is 43.8 Å². The summed E-state index contributed by atoms with van der Waals surface area (Å²) < 4.78 is 115. The number of carbonyl (C=O) groups is 1. The van der Waals surface area contributed by atoms with E-state index < -0.39 is 61.9 Å². The molecule has 4 rings (SSSR count). The molecule has 0 bridgehead atoms. The summed E-state index contributed by atoms with van der Waals surface area (Å²) in [5.74, 6) is -0.927. The predicted octanol–water partition coefficient (Wildman–Crippen LogP) is 3.98. The summed E-state index contributed by atoms with van der Waals surface area (Å²) in [7, 11) is -5.15. The molecule has 1 aliphatic rings. The average molecular weight is 588 g/mol. The first-order valence-electron chi connectivity index (χ1n) is 11.1. The van der Waals surface area contributed by atoms with Crippen LogP contribution in [0.1, 0.15) is 36.2 Å². The maximum atomic E-state index is 13.6. The lowest BCUT2D eigenvalue weighted by atomic mass is 10.0. The molecule has 1 aromatic carbocycles. The molecule has 2 aromatic heterocycles. The minimum Gasteiger partial charge on any atom is -0.290 e. The molecule has 212 valence electrons. The van der Waals surface area contributed by atoms with Crippen molar-refractivity contribution in [3.8, 4) is 11.9 Å². The van der Waals surface area contributed by atoms with Gasteiger partial charge in [0.1, 0.15) is 12.1 Å². The largest absolute Gasteiger partial charge is 0.434 e. The van der Waals surface area contributed by atoms with Crippen LogP contribution in [0.4, 0.5) is 32.0 Å². The Bertz CT molecular complexity index is 1610. The van der Waals surface area contributed by atoms with Gasteiger partial charge in [-0.3, -0.25) is 18.8 Å². The number of amides is 1. The van der Waals surface area contributed by atoms with Gasteiger partial charge in [0, 0.05) is 24.6 Å². The topological polar surface area (TPSA) is 132 Å². The van der Waals surface area contributed by atoms with Gasteiger partial charge in [-0.05, 0) is 43.7 Å². The molecule has 0 radical (unpaired) electrons. The molecule has 10 nitrogen and oxygen atoms in total. The highest BCUT2D eigenvalue weighted by molar-refractivity contribution is 7.86. The molecule has 0 spiro atoms. The molecule has 17 heteroatoms. The number of hydrogen-bond acceptors (Lipinski definition) is 7. The second-order valence-electron chi connectivity index (χ2n) is 9.23. The van der Waals surface area contributed by atoms with E-state index in [2.05, 4.69) is 9.97 Å². The average Bonchev–Trinajstić information content (AvgIpc) is 3.42. The van der Waals surface area contributed by atoms with Gasteiger partial charge in [0.2, 0.25) is 11.4 Å². The molecule has 1 amide bonds. The van der Waals surface area contributed by atoms with Gasteiger partial charge in [-0.1, -0.05) is 6.07 Å². The Morgan fingerprint density at radius 2 is 1.75 bits per heavy atom. The second-order valence-corrected chi connectivity index (χ2v) is 10.7. The molecular weight excluding hydrogens is 570 g/mol. The third-order valence-electron chi connectivity index (χ3n) is 6.22. The minimum absolute atomic E-state index is 0.0359. The van der Waals surface area contributed by atoms with Gasteiger partial charge in [-0.25, -0.2) is 14.9 Å². The van der Waals surface area contributed by atoms with Crippen molar-refractivity contribution < 1.29 is 44.1 Å². The standard InChI is InChI=1S/C23H18F6N6O4S/c1-21(2)19(36)35(15-5-4-14(8-30)16(7-15)22(24,25)26)20(40(37,38)39)34(21)10-13-3-6-18(31-9-13)33-11-17(32-12-33)23(27,28)29/h3-7,9,11-12,20H,10H2,1-2H3,(H,37,38,39). The molecule has 3 aromatic rings.